The van der Waals surface area contributed by atoms with Gasteiger partial charge in [-0.25, -0.2) is 9.97 Å². The quantitative estimate of drug-likeness (QED) is 0.236. The molecular weight excluding hydrogens is 450 g/mol. The average Bonchev–Trinajstić information content (AvgIpc) is 3.30. The van der Waals surface area contributed by atoms with Crippen molar-refractivity contribution in [3.8, 4) is 17.1 Å². The number of fused-ring (bicyclic) bond motifs is 9. The summed E-state index contributed by atoms with van der Waals surface area (Å²) in [6.07, 6.45) is 1.67. The maximum absolute atomic E-state index is 4.75. The molecule has 3 nitrogen and oxygen atoms in total. The predicted molar refractivity (Wildman–Crippen MR) is 154 cm³/mol. The molecule has 8 rings (SSSR count). The molecule has 0 saturated carbocycles. The van der Waals surface area contributed by atoms with Crippen LogP contribution >= 0.6 is 0 Å². The first-order valence-corrected chi connectivity index (χ1v) is 12.5. The van der Waals surface area contributed by atoms with Crippen molar-refractivity contribution in [3.63, 3.8) is 0 Å². The van der Waals surface area contributed by atoms with Gasteiger partial charge in [-0.2, -0.15) is 0 Å². The number of para-hydroxylation sites is 1. The number of hydrogen-bond acceptors (Lipinski definition) is 2. The molecule has 0 radical (unpaired) electrons. The first kappa shape index (κ1) is 20.2. The predicted octanol–water partition coefficient (Wildman–Crippen LogP) is 8.70. The molecule has 0 saturated heterocycles. The Morgan fingerprint density at radius 2 is 0.973 bits per heavy atom. The van der Waals surface area contributed by atoms with Gasteiger partial charge in [-0.1, -0.05) is 97.1 Å². The fourth-order valence-corrected chi connectivity index (χ4v) is 5.85. The van der Waals surface area contributed by atoms with E-state index in [1.807, 2.05) is 18.2 Å². The monoisotopic (exact) mass is 471 g/mol. The molecule has 3 heteroatoms. The van der Waals surface area contributed by atoms with E-state index in [-0.39, 0.29) is 0 Å². The van der Waals surface area contributed by atoms with Crippen LogP contribution in [-0.2, 0) is 0 Å². The number of aromatic nitrogens is 3. The minimum atomic E-state index is 0.865. The highest BCUT2D eigenvalue weighted by atomic mass is 15.1. The summed E-state index contributed by atoms with van der Waals surface area (Å²) in [6, 6.07) is 43.2. The van der Waals surface area contributed by atoms with E-state index in [1.165, 1.54) is 43.1 Å². The van der Waals surface area contributed by atoms with Gasteiger partial charge in [0, 0.05) is 22.4 Å². The van der Waals surface area contributed by atoms with Crippen molar-refractivity contribution >= 4 is 54.1 Å². The maximum atomic E-state index is 4.75. The van der Waals surface area contributed by atoms with Crippen molar-refractivity contribution in [1.29, 1.82) is 0 Å². The summed E-state index contributed by atoms with van der Waals surface area (Å²) in [5.74, 6) is 0.865. The van der Waals surface area contributed by atoms with Crippen molar-refractivity contribution in [2.75, 3.05) is 0 Å². The zero-order valence-electron chi connectivity index (χ0n) is 20.0. The lowest BCUT2D eigenvalue weighted by molar-refractivity contribution is 1.04. The van der Waals surface area contributed by atoms with Crippen LogP contribution in [0.4, 0.5) is 0 Å². The molecule has 0 amide bonds. The van der Waals surface area contributed by atoms with Gasteiger partial charge in [-0.15, -0.1) is 0 Å². The summed E-state index contributed by atoms with van der Waals surface area (Å²) >= 11 is 0. The van der Waals surface area contributed by atoms with Gasteiger partial charge < -0.3 is 0 Å². The smallest absolute Gasteiger partial charge is 0.141 e. The molecule has 2 aromatic heterocycles. The van der Waals surface area contributed by atoms with Crippen LogP contribution in [-0.4, -0.2) is 14.5 Å². The van der Waals surface area contributed by atoms with Crippen LogP contribution in [0.25, 0.3) is 71.2 Å². The molecule has 0 fully saturated rings. The van der Waals surface area contributed by atoms with Gasteiger partial charge in [0.25, 0.3) is 0 Å². The standard InChI is InChI=1S/C34H21N3/c1-2-10-22(11-3-1)31-20-34(36-21-35-31)37-32-17-9-8-16-27(32)30-18-28-25-14-6-4-12-23(25)24-13-5-7-15-26(24)29(28)19-33(30)37/h1-21H. The van der Waals surface area contributed by atoms with Gasteiger partial charge >= 0.3 is 0 Å². The largest absolute Gasteiger partial charge is 0.294 e. The van der Waals surface area contributed by atoms with Crippen LogP contribution in [0, 0.1) is 0 Å². The molecule has 0 spiro atoms. The van der Waals surface area contributed by atoms with Crippen LogP contribution in [0.1, 0.15) is 0 Å². The van der Waals surface area contributed by atoms with Gasteiger partial charge in [-0.05, 0) is 50.5 Å². The molecule has 37 heavy (non-hydrogen) atoms. The summed E-state index contributed by atoms with van der Waals surface area (Å²) in [5, 5.41) is 10.1. The van der Waals surface area contributed by atoms with E-state index in [2.05, 4.69) is 113 Å². The van der Waals surface area contributed by atoms with E-state index < -0.39 is 0 Å². The van der Waals surface area contributed by atoms with Crippen LogP contribution < -0.4 is 0 Å². The Kier molecular flexibility index (Phi) is 4.23. The fourth-order valence-electron chi connectivity index (χ4n) is 5.85. The number of rotatable bonds is 2. The average molecular weight is 472 g/mol. The third-order valence-corrected chi connectivity index (χ3v) is 7.49. The Labute approximate surface area is 213 Å². The zero-order chi connectivity index (χ0) is 24.3. The van der Waals surface area contributed by atoms with Crippen molar-refractivity contribution < 1.29 is 0 Å². The van der Waals surface area contributed by atoms with E-state index in [9.17, 15) is 0 Å². The van der Waals surface area contributed by atoms with E-state index >= 15 is 0 Å². The lowest BCUT2D eigenvalue weighted by Gasteiger charge is -2.12. The van der Waals surface area contributed by atoms with Crippen molar-refractivity contribution in [1.82, 2.24) is 14.5 Å². The third kappa shape index (κ3) is 2.95. The second kappa shape index (κ2) is 7.74. The topological polar surface area (TPSA) is 30.7 Å². The molecule has 2 heterocycles. The molecule has 172 valence electrons. The molecule has 0 aliphatic heterocycles. The second-order valence-electron chi connectivity index (χ2n) is 9.49. The molecule has 0 N–H and O–H groups in total. The molecule has 0 aliphatic rings. The normalized spacial score (nSPS) is 11.8. The highest BCUT2D eigenvalue weighted by molar-refractivity contribution is 6.28. The lowest BCUT2D eigenvalue weighted by atomic mass is 9.93. The molecule has 6 aromatic carbocycles. The third-order valence-electron chi connectivity index (χ3n) is 7.49. The molecule has 0 atom stereocenters. The van der Waals surface area contributed by atoms with Gasteiger partial charge in [0.1, 0.15) is 12.1 Å². The van der Waals surface area contributed by atoms with Crippen LogP contribution in [0.5, 0.6) is 0 Å². The van der Waals surface area contributed by atoms with Gasteiger partial charge in [-0.3, -0.25) is 4.57 Å². The van der Waals surface area contributed by atoms with Gasteiger partial charge in [0.2, 0.25) is 0 Å². The van der Waals surface area contributed by atoms with Crippen LogP contribution in [0.3, 0.4) is 0 Å². The maximum Gasteiger partial charge on any atom is 0.141 e. The Morgan fingerprint density at radius 3 is 1.68 bits per heavy atom. The highest BCUT2D eigenvalue weighted by Gasteiger charge is 2.17. The molecular formula is C34H21N3. The molecule has 0 aliphatic carbocycles. The second-order valence-corrected chi connectivity index (χ2v) is 9.49. The van der Waals surface area contributed by atoms with E-state index in [0.717, 1.165) is 28.1 Å². The van der Waals surface area contributed by atoms with E-state index in [0.29, 0.717) is 0 Å². The molecule has 8 aromatic rings. The lowest BCUT2D eigenvalue weighted by Crippen LogP contribution is -1.99. The van der Waals surface area contributed by atoms with Crippen LogP contribution in [0.15, 0.2) is 128 Å². The SMILES string of the molecule is c1ccc(-c2cc(-n3c4ccccc4c4cc5c6ccccc6c6ccccc6c5cc43)ncn2)cc1. The van der Waals surface area contributed by atoms with Crippen LogP contribution in [0.2, 0.25) is 0 Å². The minimum absolute atomic E-state index is 0.865. The fraction of sp³-hybridized carbons (Fsp3) is 0. The summed E-state index contributed by atoms with van der Waals surface area (Å²) in [5.41, 5.74) is 4.27. The number of benzene rings is 6. The number of hydrogen-bond donors (Lipinski definition) is 0. The Morgan fingerprint density at radius 1 is 0.405 bits per heavy atom. The van der Waals surface area contributed by atoms with Crippen molar-refractivity contribution in [3.05, 3.63) is 128 Å². The summed E-state index contributed by atoms with van der Waals surface area (Å²) < 4.78 is 2.28. The van der Waals surface area contributed by atoms with Gasteiger partial charge in [0.05, 0.1) is 16.7 Å². The van der Waals surface area contributed by atoms with Gasteiger partial charge in [0.15, 0.2) is 0 Å². The molecule has 0 unspecified atom stereocenters. The zero-order valence-corrected chi connectivity index (χ0v) is 20.0. The van der Waals surface area contributed by atoms with Crippen molar-refractivity contribution in [2.45, 2.75) is 0 Å². The first-order chi connectivity index (χ1) is 18.4. The Hall–Kier alpha value is -5.02. The van der Waals surface area contributed by atoms with E-state index in [4.69, 9.17) is 4.98 Å². The Bertz CT molecular complexity index is 2140. The number of nitrogens with zero attached hydrogens (tertiary/aromatic N) is 3. The van der Waals surface area contributed by atoms with Crippen molar-refractivity contribution in [2.24, 2.45) is 0 Å². The highest BCUT2D eigenvalue weighted by Crippen LogP contribution is 2.40. The molecule has 0 bridgehead atoms. The van der Waals surface area contributed by atoms with E-state index in [1.54, 1.807) is 6.33 Å². The summed E-state index contributed by atoms with van der Waals surface area (Å²) in [4.78, 5) is 9.33. The summed E-state index contributed by atoms with van der Waals surface area (Å²) in [6.45, 7) is 0. The minimum Gasteiger partial charge on any atom is -0.294 e. The first-order valence-electron chi connectivity index (χ1n) is 12.5. The summed E-state index contributed by atoms with van der Waals surface area (Å²) in [7, 11) is 0. The Balaban J connectivity index is 1.53.